The number of benzene rings is 1. The Kier molecular flexibility index (Phi) is 7.18. The lowest BCUT2D eigenvalue weighted by Gasteiger charge is -2.34. The summed E-state index contributed by atoms with van der Waals surface area (Å²) in [5, 5.41) is 3.96. The number of ether oxygens (including phenoxy) is 1. The van der Waals surface area contributed by atoms with Crippen LogP contribution in [0.15, 0.2) is 29.3 Å². The van der Waals surface area contributed by atoms with Gasteiger partial charge in [0.15, 0.2) is 5.96 Å². The number of nitrogens with zero attached hydrogens (tertiary/aromatic N) is 2. The summed E-state index contributed by atoms with van der Waals surface area (Å²) in [5.41, 5.74) is 5.31. The molecule has 1 aromatic carbocycles. The molecular weight excluding hydrogens is 328 g/mol. The standard InChI is InChI=1S/C17H25ClN4O2/c1-20-17(22-8-3-4-13(12-22)10-16(19)23)21-7-9-24-15-6-2-5-14(18)11-15/h2,5-6,11,13H,3-4,7-10,12H2,1H3,(H2,19,23)(H,20,21). The fourth-order valence-corrected chi connectivity index (χ4v) is 3.11. The van der Waals surface area contributed by atoms with Crippen LogP contribution in [0.2, 0.25) is 5.02 Å². The van der Waals surface area contributed by atoms with Crippen LogP contribution in [0.1, 0.15) is 19.3 Å². The van der Waals surface area contributed by atoms with Gasteiger partial charge in [-0.15, -0.1) is 0 Å². The molecule has 1 aromatic rings. The Morgan fingerprint density at radius 2 is 2.38 bits per heavy atom. The van der Waals surface area contributed by atoms with Gasteiger partial charge in [-0.2, -0.15) is 0 Å². The van der Waals surface area contributed by atoms with E-state index in [-0.39, 0.29) is 5.91 Å². The van der Waals surface area contributed by atoms with E-state index < -0.39 is 0 Å². The molecule has 0 spiro atoms. The lowest BCUT2D eigenvalue weighted by molar-refractivity contribution is -0.119. The van der Waals surface area contributed by atoms with E-state index in [4.69, 9.17) is 22.1 Å². The number of amides is 1. The number of piperidine rings is 1. The van der Waals surface area contributed by atoms with Gasteiger partial charge < -0.3 is 20.7 Å². The first-order valence-electron chi connectivity index (χ1n) is 8.20. The van der Waals surface area contributed by atoms with Gasteiger partial charge >= 0.3 is 0 Å². The molecule has 0 saturated carbocycles. The molecule has 0 aliphatic carbocycles. The van der Waals surface area contributed by atoms with Gasteiger partial charge in [-0.1, -0.05) is 17.7 Å². The Morgan fingerprint density at radius 1 is 1.54 bits per heavy atom. The molecule has 1 unspecified atom stereocenters. The average molecular weight is 353 g/mol. The molecule has 0 aromatic heterocycles. The summed E-state index contributed by atoms with van der Waals surface area (Å²) in [6.45, 7) is 2.88. The first-order valence-corrected chi connectivity index (χ1v) is 8.58. The largest absolute Gasteiger partial charge is 0.492 e. The van der Waals surface area contributed by atoms with Crippen molar-refractivity contribution in [3.8, 4) is 5.75 Å². The topological polar surface area (TPSA) is 80.0 Å². The predicted octanol–water partition coefficient (Wildman–Crippen LogP) is 1.88. The van der Waals surface area contributed by atoms with E-state index in [1.54, 1.807) is 13.1 Å². The molecule has 132 valence electrons. The van der Waals surface area contributed by atoms with E-state index in [0.717, 1.165) is 37.6 Å². The maximum atomic E-state index is 11.1. The van der Waals surface area contributed by atoms with Crippen molar-refractivity contribution in [1.82, 2.24) is 10.2 Å². The quantitative estimate of drug-likeness (QED) is 0.465. The van der Waals surface area contributed by atoms with Gasteiger partial charge in [0.2, 0.25) is 5.91 Å². The van der Waals surface area contributed by atoms with Crippen molar-refractivity contribution >= 4 is 23.5 Å². The highest BCUT2D eigenvalue weighted by Crippen LogP contribution is 2.19. The minimum absolute atomic E-state index is 0.236. The van der Waals surface area contributed by atoms with Crippen LogP contribution in [0.25, 0.3) is 0 Å². The summed E-state index contributed by atoms with van der Waals surface area (Å²) >= 11 is 5.93. The van der Waals surface area contributed by atoms with Crippen molar-refractivity contribution in [2.24, 2.45) is 16.6 Å². The minimum Gasteiger partial charge on any atom is -0.492 e. The van der Waals surface area contributed by atoms with Gasteiger partial charge in [-0.25, -0.2) is 0 Å². The minimum atomic E-state index is -0.236. The van der Waals surface area contributed by atoms with E-state index >= 15 is 0 Å². The first kappa shape index (κ1) is 18.4. The number of likely N-dealkylation sites (tertiary alicyclic amines) is 1. The Morgan fingerprint density at radius 3 is 3.08 bits per heavy atom. The zero-order valence-corrected chi connectivity index (χ0v) is 14.8. The second-order valence-electron chi connectivity index (χ2n) is 5.90. The summed E-state index contributed by atoms with van der Waals surface area (Å²) in [7, 11) is 1.76. The molecule has 1 saturated heterocycles. The number of rotatable bonds is 6. The normalized spacial score (nSPS) is 18.3. The summed E-state index contributed by atoms with van der Waals surface area (Å²) in [4.78, 5) is 17.6. The van der Waals surface area contributed by atoms with Crippen LogP contribution in [0.5, 0.6) is 5.75 Å². The molecule has 3 N–H and O–H groups in total. The predicted molar refractivity (Wildman–Crippen MR) is 96.4 cm³/mol. The van der Waals surface area contributed by atoms with Crippen molar-refractivity contribution < 1.29 is 9.53 Å². The third-order valence-corrected chi connectivity index (χ3v) is 4.21. The zero-order valence-electron chi connectivity index (χ0n) is 14.0. The number of primary amides is 1. The molecule has 6 nitrogen and oxygen atoms in total. The van der Waals surface area contributed by atoms with Gasteiger partial charge in [0.1, 0.15) is 12.4 Å². The molecule has 1 atom stereocenters. The Balaban J connectivity index is 1.76. The van der Waals surface area contributed by atoms with Crippen LogP contribution >= 0.6 is 11.6 Å². The molecule has 1 aliphatic rings. The van der Waals surface area contributed by atoms with E-state index in [1.165, 1.54) is 0 Å². The van der Waals surface area contributed by atoms with Crippen LogP contribution in [0.3, 0.4) is 0 Å². The molecule has 1 aliphatic heterocycles. The fraction of sp³-hybridized carbons (Fsp3) is 0.529. The van der Waals surface area contributed by atoms with Crippen LogP contribution in [0.4, 0.5) is 0 Å². The highest BCUT2D eigenvalue weighted by Gasteiger charge is 2.23. The van der Waals surface area contributed by atoms with Crippen molar-refractivity contribution in [2.75, 3.05) is 33.3 Å². The number of hydrogen-bond acceptors (Lipinski definition) is 3. The number of carbonyl (C=O) groups excluding carboxylic acids is 1. The number of carbonyl (C=O) groups is 1. The van der Waals surface area contributed by atoms with Crippen molar-refractivity contribution in [1.29, 1.82) is 0 Å². The molecule has 7 heteroatoms. The Hall–Kier alpha value is -1.95. The molecule has 0 radical (unpaired) electrons. The van der Waals surface area contributed by atoms with Gasteiger partial charge in [-0.05, 0) is 37.0 Å². The average Bonchev–Trinajstić information content (AvgIpc) is 2.54. The van der Waals surface area contributed by atoms with Crippen LogP contribution < -0.4 is 15.8 Å². The molecule has 1 heterocycles. The summed E-state index contributed by atoms with van der Waals surface area (Å²) in [6, 6.07) is 7.33. The lowest BCUT2D eigenvalue weighted by atomic mass is 9.95. The molecule has 24 heavy (non-hydrogen) atoms. The second-order valence-corrected chi connectivity index (χ2v) is 6.34. The number of halogens is 1. The third kappa shape index (κ3) is 5.92. The molecule has 0 bridgehead atoms. The summed E-state index contributed by atoms with van der Waals surface area (Å²) < 4.78 is 5.66. The van der Waals surface area contributed by atoms with Crippen LogP contribution in [0, 0.1) is 5.92 Å². The highest BCUT2D eigenvalue weighted by molar-refractivity contribution is 6.30. The van der Waals surface area contributed by atoms with Gasteiger partial charge in [-0.3, -0.25) is 9.79 Å². The number of nitrogens with two attached hydrogens (primary N) is 1. The Bertz CT molecular complexity index is 579. The van der Waals surface area contributed by atoms with E-state index in [0.29, 0.717) is 30.5 Å². The monoisotopic (exact) mass is 352 g/mol. The van der Waals surface area contributed by atoms with Gasteiger partial charge in [0, 0.05) is 31.6 Å². The second kappa shape index (κ2) is 9.37. The zero-order chi connectivity index (χ0) is 17.4. The maximum absolute atomic E-state index is 11.1. The van der Waals surface area contributed by atoms with Gasteiger partial charge in [0.25, 0.3) is 0 Å². The summed E-state index contributed by atoms with van der Waals surface area (Å²) in [5.74, 6) is 1.65. The number of hydrogen-bond donors (Lipinski definition) is 2. The number of aliphatic imine (C=N–C) groups is 1. The lowest BCUT2D eigenvalue weighted by Crippen LogP contribution is -2.48. The third-order valence-electron chi connectivity index (χ3n) is 3.97. The highest BCUT2D eigenvalue weighted by atomic mass is 35.5. The molecule has 2 rings (SSSR count). The van der Waals surface area contributed by atoms with Gasteiger partial charge in [0.05, 0.1) is 6.54 Å². The Labute approximate surface area is 148 Å². The first-order chi connectivity index (χ1) is 11.6. The van der Waals surface area contributed by atoms with Crippen LogP contribution in [-0.4, -0.2) is 50.1 Å². The van der Waals surface area contributed by atoms with E-state index in [2.05, 4.69) is 15.2 Å². The summed E-state index contributed by atoms with van der Waals surface area (Å²) in [6.07, 6.45) is 2.51. The van der Waals surface area contributed by atoms with Crippen molar-refractivity contribution in [2.45, 2.75) is 19.3 Å². The van der Waals surface area contributed by atoms with E-state index in [1.807, 2.05) is 18.2 Å². The van der Waals surface area contributed by atoms with Crippen molar-refractivity contribution in [3.05, 3.63) is 29.3 Å². The molecule has 1 amide bonds. The smallest absolute Gasteiger partial charge is 0.217 e. The SMILES string of the molecule is CN=C(NCCOc1cccc(Cl)c1)N1CCCC(CC(N)=O)C1. The molecule has 1 fully saturated rings. The fourth-order valence-electron chi connectivity index (χ4n) is 2.93. The van der Waals surface area contributed by atoms with E-state index in [9.17, 15) is 4.79 Å². The number of guanidine groups is 1. The van der Waals surface area contributed by atoms with Crippen LogP contribution in [-0.2, 0) is 4.79 Å². The maximum Gasteiger partial charge on any atom is 0.217 e. The number of nitrogens with one attached hydrogen (secondary N) is 1. The molecular formula is C17H25ClN4O2. The van der Waals surface area contributed by atoms with Crippen molar-refractivity contribution in [3.63, 3.8) is 0 Å².